The number of likely N-dealkylation sites (N-methyl/N-ethyl adjacent to an activating group) is 1. The van der Waals surface area contributed by atoms with Gasteiger partial charge in [-0.2, -0.15) is 4.31 Å². The molecule has 0 aliphatic heterocycles. The van der Waals surface area contributed by atoms with Crippen molar-refractivity contribution in [2.45, 2.75) is 18.4 Å². The smallest absolute Gasteiger partial charge is 0.244 e. The summed E-state index contributed by atoms with van der Waals surface area (Å²) < 4.78 is 31.6. The standard InChI is InChI=1S/C13H20Cl2N2O3S/c1-4-17(5-6-20-3)21(18,19)13-7-10(9-16-2)11(14)8-12(13)15/h7-8,16H,4-6,9H2,1-3H3. The molecule has 0 bridgehead atoms. The van der Waals surface area contributed by atoms with Crippen LogP contribution in [0.1, 0.15) is 12.5 Å². The maximum absolute atomic E-state index is 12.7. The van der Waals surface area contributed by atoms with Crippen molar-refractivity contribution in [2.75, 3.05) is 33.9 Å². The molecule has 0 aromatic heterocycles. The monoisotopic (exact) mass is 354 g/mol. The van der Waals surface area contributed by atoms with E-state index in [0.717, 1.165) is 0 Å². The van der Waals surface area contributed by atoms with Gasteiger partial charge in [0.2, 0.25) is 10.0 Å². The summed E-state index contributed by atoms with van der Waals surface area (Å²) in [4.78, 5) is 0.0665. The number of nitrogens with one attached hydrogen (secondary N) is 1. The van der Waals surface area contributed by atoms with E-state index in [1.165, 1.54) is 23.5 Å². The Balaban J connectivity index is 3.26. The number of benzene rings is 1. The fraction of sp³-hybridized carbons (Fsp3) is 0.538. The third kappa shape index (κ3) is 4.55. The van der Waals surface area contributed by atoms with Crippen LogP contribution in [0.5, 0.6) is 0 Å². The van der Waals surface area contributed by atoms with E-state index in [2.05, 4.69) is 5.32 Å². The Bertz CT molecular complexity index is 579. The van der Waals surface area contributed by atoms with Crippen LogP contribution in [0, 0.1) is 0 Å². The number of ether oxygens (including phenoxy) is 1. The van der Waals surface area contributed by atoms with Crippen LogP contribution in [0.15, 0.2) is 17.0 Å². The second-order valence-corrected chi connectivity index (χ2v) is 7.11. The summed E-state index contributed by atoms with van der Waals surface area (Å²) in [6, 6.07) is 2.98. The molecule has 0 saturated heterocycles. The summed E-state index contributed by atoms with van der Waals surface area (Å²) in [6.45, 7) is 3.16. The molecule has 21 heavy (non-hydrogen) atoms. The van der Waals surface area contributed by atoms with Crippen LogP contribution in [-0.4, -0.2) is 46.6 Å². The summed E-state index contributed by atoms with van der Waals surface area (Å²) in [5.74, 6) is 0. The first kappa shape index (κ1) is 18.7. The third-order valence-electron chi connectivity index (χ3n) is 2.98. The number of rotatable bonds is 8. The van der Waals surface area contributed by atoms with Crippen molar-refractivity contribution in [1.82, 2.24) is 9.62 Å². The molecular formula is C13H20Cl2N2O3S. The maximum atomic E-state index is 12.7. The second-order valence-electron chi connectivity index (χ2n) is 4.39. The predicted octanol–water partition coefficient (Wildman–Crippen LogP) is 2.37. The van der Waals surface area contributed by atoms with E-state index in [4.69, 9.17) is 27.9 Å². The molecule has 0 aliphatic carbocycles. The molecule has 0 aliphatic rings. The van der Waals surface area contributed by atoms with E-state index < -0.39 is 10.0 Å². The van der Waals surface area contributed by atoms with E-state index in [9.17, 15) is 8.42 Å². The van der Waals surface area contributed by atoms with Crippen LogP contribution in [0.2, 0.25) is 10.0 Å². The molecule has 1 aromatic rings. The lowest BCUT2D eigenvalue weighted by Crippen LogP contribution is -2.34. The first-order chi connectivity index (χ1) is 9.88. The van der Waals surface area contributed by atoms with Gasteiger partial charge < -0.3 is 10.1 Å². The van der Waals surface area contributed by atoms with Crippen molar-refractivity contribution in [2.24, 2.45) is 0 Å². The number of hydrogen-bond donors (Lipinski definition) is 1. The lowest BCUT2D eigenvalue weighted by molar-refractivity contribution is 0.180. The highest BCUT2D eigenvalue weighted by molar-refractivity contribution is 7.89. The molecule has 1 aromatic carbocycles. The first-order valence-corrected chi connectivity index (χ1v) is 8.69. The largest absolute Gasteiger partial charge is 0.383 e. The van der Waals surface area contributed by atoms with Crippen molar-refractivity contribution in [3.05, 3.63) is 27.7 Å². The molecule has 8 heteroatoms. The van der Waals surface area contributed by atoms with Crippen LogP contribution in [0.3, 0.4) is 0 Å². The summed E-state index contributed by atoms with van der Waals surface area (Å²) in [5, 5.41) is 3.50. The zero-order valence-electron chi connectivity index (χ0n) is 12.3. The first-order valence-electron chi connectivity index (χ1n) is 6.50. The van der Waals surface area contributed by atoms with E-state index in [0.29, 0.717) is 30.3 Å². The molecule has 0 spiro atoms. The zero-order chi connectivity index (χ0) is 16.0. The minimum Gasteiger partial charge on any atom is -0.383 e. The Morgan fingerprint density at radius 3 is 2.48 bits per heavy atom. The van der Waals surface area contributed by atoms with Gasteiger partial charge in [0.25, 0.3) is 0 Å². The van der Waals surface area contributed by atoms with Gasteiger partial charge in [0.1, 0.15) is 4.90 Å². The topological polar surface area (TPSA) is 58.6 Å². The lowest BCUT2D eigenvalue weighted by Gasteiger charge is -2.21. The number of hydrogen-bond acceptors (Lipinski definition) is 4. The number of methoxy groups -OCH3 is 1. The Hall–Kier alpha value is -0.370. The van der Waals surface area contributed by atoms with Crippen molar-refractivity contribution >= 4 is 33.2 Å². The van der Waals surface area contributed by atoms with Crippen LogP contribution in [0.25, 0.3) is 0 Å². The molecule has 120 valence electrons. The summed E-state index contributed by atoms with van der Waals surface area (Å²) >= 11 is 12.2. The van der Waals surface area contributed by atoms with Crippen molar-refractivity contribution in [3.63, 3.8) is 0 Å². The highest BCUT2D eigenvalue weighted by Gasteiger charge is 2.26. The SMILES string of the molecule is CCN(CCOC)S(=O)(=O)c1cc(CNC)c(Cl)cc1Cl. The fourth-order valence-electron chi connectivity index (χ4n) is 1.88. The Morgan fingerprint density at radius 1 is 1.29 bits per heavy atom. The Labute approximate surface area is 136 Å². The van der Waals surface area contributed by atoms with Gasteiger partial charge in [-0.15, -0.1) is 0 Å². The van der Waals surface area contributed by atoms with Gasteiger partial charge in [0, 0.05) is 31.8 Å². The van der Waals surface area contributed by atoms with Gasteiger partial charge in [-0.3, -0.25) is 0 Å². The zero-order valence-corrected chi connectivity index (χ0v) is 14.6. The van der Waals surface area contributed by atoms with Gasteiger partial charge >= 0.3 is 0 Å². The van der Waals surface area contributed by atoms with Crippen molar-refractivity contribution in [1.29, 1.82) is 0 Å². The predicted molar refractivity (Wildman–Crippen MR) is 85.5 cm³/mol. The molecule has 0 saturated carbocycles. The third-order valence-corrected chi connectivity index (χ3v) is 5.77. The van der Waals surface area contributed by atoms with Crippen LogP contribution in [0.4, 0.5) is 0 Å². The number of sulfonamides is 1. The van der Waals surface area contributed by atoms with E-state index in [1.807, 2.05) is 0 Å². The average molecular weight is 355 g/mol. The van der Waals surface area contributed by atoms with Crippen LogP contribution in [-0.2, 0) is 21.3 Å². The minimum absolute atomic E-state index is 0.0665. The summed E-state index contributed by atoms with van der Waals surface area (Å²) in [7, 11) is -0.388. The van der Waals surface area contributed by atoms with Crippen molar-refractivity contribution < 1.29 is 13.2 Å². The molecule has 1 rings (SSSR count). The molecule has 0 amide bonds. The number of nitrogens with zero attached hydrogens (tertiary/aromatic N) is 1. The van der Waals surface area contributed by atoms with Crippen LogP contribution < -0.4 is 5.32 Å². The molecule has 0 heterocycles. The molecule has 0 atom stereocenters. The molecular weight excluding hydrogens is 335 g/mol. The highest BCUT2D eigenvalue weighted by atomic mass is 35.5. The molecule has 0 fully saturated rings. The van der Waals surface area contributed by atoms with Gasteiger partial charge in [-0.1, -0.05) is 30.1 Å². The quantitative estimate of drug-likeness (QED) is 0.778. The molecule has 5 nitrogen and oxygen atoms in total. The van der Waals surface area contributed by atoms with Gasteiger partial charge in [-0.05, 0) is 24.7 Å². The Morgan fingerprint density at radius 2 is 1.95 bits per heavy atom. The second kappa shape index (κ2) is 8.31. The van der Waals surface area contributed by atoms with Gasteiger partial charge in [0.05, 0.1) is 11.6 Å². The summed E-state index contributed by atoms with van der Waals surface area (Å²) in [5.41, 5.74) is 0.685. The summed E-state index contributed by atoms with van der Waals surface area (Å²) in [6.07, 6.45) is 0. The normalized spacial score (nSPS) is 12.1. The molecule has 1 N–H and O–H groups in total. The van der Waals surface area contributed by atoms with Crippen molar-refractivity contribution in [3.8, 4) is 0 Å². The lowest BCUT2D eigenvalue weighted by atomic mass is 10.2. The van der Waals surface area contributed by atoms with Gasteiger partial charge in [0.15, 0.2) is 0 Å². The fourth-order valence-corrected chi connectivity index (χ4v) is 4.15. The van der Waals surface area contributed by atoms with Crippen LogP contribution >= 0.6 is 23.2 Å². The molecule has 0 unspecified atom stereocenters. The van der Waals surface area contributed by atoms with Gasteiger partial charge in [-0.25, -0.2) is 8.42 Å². The number of halogens is 2. The average Bonchev–Trinajstić information content (AvgIpc) is 2.42. The Kier molecular flexibility index (Phi) is 7.39. The molecule has 0 radical (unpaired) electrons. The maximum Gasteiger partial charge on any atom is 0.244 e. The van der Waals surface area contributed by atoms with E-state index >= 15 is 0 Å². The highest BCUT2D eigenvalue weighted by Crippen LogP contribution is 2.30. The van der Waals surface area contributed by atoms with E-state index in [1.54, 1.807) is 14.0 Å². The minimum atomic E-state index is -3.68. The van der Waals surface area contributed by atoms with E-state index in [-0.39, 0.29) is 16.5 Å².